The first-order valence-corrected chi connectivity index (χ1v) is 10.5. The summed E-state index contributed by atoms with van der Waals surface area (Å²) >= 11 is 0. The molecule has 7 heteroatoms. The summed E-state index contributed by atoms with van der Waals surface area (Å²) in [5, 5.41) is 5.78. The van der Waals surface area contributed by atoms with Crippen LogP contribution in [0, 0.1) is 0 Å². The maximum Gasteiger partial charge on any atom is 0.321 e. The molecule has 7 nitrogen and oxygen atoms in total. The number of nitrogens with zero attached hydrogens (tertiary/aromatic N) is 1. The number of hydrogen-bond acceptors (Lipinski definition) is 4. The number of urea groups is 1. The zero-order chi connectivity index (χ0) is 21.2. The lowest BCUT2D eigenvalue weighted by Crippen LogP contribution is -2.32. The van der Waals surface area contributed by atoms with Crippen molar-refractivity contribution < 1.29 is 19.1 Å². The SMILES string of the molecule is CCOc1ccccc1OCCCC(=O)Nc1ccccc1NC(=O)N1CCCC1. The average molecular weight is 412 g/mol. The highest BCUT2D eigenvalue weighted by molar-refractivity contribution is 5.99. The monoisotopic (exact) mass is 411 g/mol. The van der Waals surface area contributed by atoms with Gasteiger partial charge in [-0.05, 0) is 50.5 Å². The van der Waals surface area contributed by atoms with Crippen LogP contribution in [0.3, 0.4) is 0 Å². The Balaban J connectivity index is 1.46. The second-order valence-corrected chi connectivity index (χ2v) is 7.05. The molecule has 1 saturated heterocycles. The fourth-order valence-corrected chi connectivity index (χ4v) is 3.29. The fraction of sp³-hybridized carbons (Fsp3) is 0.391. The van der Waals surface area contributed by atoms with E-state index in [-0.39, 0.29) is 11.9 Å². The molecular weight excluding hydrogens is 382 g/mol. The number of anilines is 2. The van der Waals surface area contributed by atoms with E-state index in [1.54, 1.807) is 17.0 Å². The summed E-state index contributed by atoms with van der Waals surface area (Å²) in [5.74, 6) is 1.25. The third-order valence-electron chi connectivity index (χ3n) is 4.79. The molecule has 30 heavy (non-hydrogen) atoms. The van der Waals surface area contributed by atoms with E-state index in [9.17, 15) is 9.59 Å². The topological polar surface area (TPSA) is 79.9 Å². The van der Waals surface area contributed by atoms with Gasteiger partial charge in [-0.2, -0.15) is 0 Å². The zero-order valence-electron chi connectivity index (χ0n) is 17.4. The van der Waals surface area contributed by atoms with Crippen molar-refractivity contribution in [1.82, 2.24) is 4.90 Å². The lowest BCUT2D eigenvalue weighted by atomic mass is 10.2. The number of para-hydroxylation sites is 4. The Labute approximate surface area is 177 Å². The van der Waals surface area contributed by atoms with Crippen LogP contribution in [0.1, 0.15) is 32.6 Å². The Morgan fingerprint density at radius 2 is 1.50 bits per heavy atom. The summed E-state index contributed by atoms with van der Waals surface area (Å²) < 4.78 is 11.3. The lowest BCUT2D eigenvalue weighted by Gasteiger charge is -2.18. The molecule has 0 unspecified atom stereocenters. The number of carbonyl (C=O) groups is 2. The van der Waals surface area contributed by atoms with Gasteiger partial charge in [0.25, 0.3) is 0 Å². The first-order chi connectivity index (χ1) is 14.7. The quantitative estimate of drug-likeness (QED) is 0.595. The van der Waals surface area contributed by atoms with Gasteiger partial charge in [0.2, 0.25) is 5.91 Å². The van der Waals surface area contributed by atoms with Crippen molar-refractivity contribution in [2.45, 2.75) is 32.6 Å². The first kappa shape index (κ1) is 21.5. The second-order valence-electron chi connectivity index (χ2n) is 7.05. The summed E-state index contributed by atoms with van der Waals surface area (Å²) in [5.41, 5.74) is 1.20. The van der Waals surface area contributed by atoms with Gasteiger partial charge >= 0.3 is 6.03 Å². The summed E-state index contributed by atoms with van der Waals surface area (Å²) in [4.78, 5) is 26.5. The van der Waals surface area contributed by atoms with E-state index >= 15 is 0 Å². The van der Waals surface area contributed by atoms with Crippen LogP contribution in [0.15, 0.2) is 48.5 Å². The van der Waals surface area contributed by atoms with Gasteiger partial charge in [-0.25, -0.2) is 4.79 Å². The highest BCUT2D eigenvalue weighted by atomic mass is 16.5. The minimum atomic E-state index is -0.129. The van der Waals surface area contributed by atoms with Gasteiger partial charge in [0, 0.05) is 19.5 Å². The molecule has 0 spiro atoms. The second kappa shape index (κ2) is 11.1. The van der Waals surface area contributed by atoms with E-state index < -0.39 is 0 Å². The largest absolute Gasteiger partial charge is 0.490 e. The molecule has 0 saturated carbocycles. The number of rotatable bonds is 9. The fourth-order valence-electron chi connectivity index (χ4n) is 3.29. The number of hydrogen-bond donors (Lipinski definition) is 2. The Kier molecular flexibility index (Phi) is 7.94. The van der Waals surface area contributed by atoms with Crippen LogP contribution < -0.4 is 20.1 Å². The molecule has 2 N–H and O–H groups in total. The van der Waals surface area contributed by atoms with E-state index in [0.29, 0.717) is 48.9 Å². The third-order valence-corrected chi connectivity index (χ3v) is 4.79. The Morgan fingerprint density at radius 3 is 2.17 bits per heavy atom. The molecule has 2 aromatic carbocycles. The number of likely N-dealkylation sites (tertiary alicyclic amines) is 1. The van der Waals surface area contributed by atoms with Crippen molar-refractivity contribution in [2.24, 2.45) is 0 Å². The van der Waals surface area contributed by atoms with Gasteiger partial charge in [0.05, 0.1) is 24.6 Å². The van der Waals surface area contributed by atoms with Crippen LogP contribution in [-0.2, 0) is 4.79 Å². The molecule has 3 amide bonds. The summed E-state index contributed by atoms with van der Waals surface area (Å²) in [7, 11) is 0. The molecule has 0 aromatic heterocycles. The average Bonchev–Trinajstić information content (AvgIpc) is 3.29. The number of amides is 3. The Hall–Kier alpha value is -3.22. The highest BCUT2D eigenvalue weighted by Crippen LogP contribution is 2.26. The zero-order valence-corrected chi connectivity index (χ0v) is 17.4. The standard InChI is InChI=1S/C23H29N3O4/c1-2-29-20-12-5-6-13-21(20)30-17-9-14-22(27)24-18-10-3-4-11-19(18)25-23(28)26-15-7-8-16-26/h3-6,10-13H,2,7-9,14-17H2,1H3,(H,24,27)(H,25,28). The van der Waals surface area contributed by atoms with Crippen molar-refractivity contribution in [3.8, 4) is 11.5 Å². The Morgan fingerprint density at radius 1 is 0.900 bits per heavy atom. The molecule has 0 atom stereocenters. The summed E-state index contributed by atoms with van der Waals surface area (Å²) in [6.07, 6.45) is 2.94. The number of nitrogens with one attached hydrogen (secondary N) is 2. The third kappa shape index (κ3) is 6.14. The van der Waals surface area contributed by atoms with Gasteiger partial charge < -0.3 is 25.0 Å². The number of benzene rings is 2. The van der Waals surface area contributed by atoms with E-state index in [1.807, 2.05) is 43.3 Å². The van der Waals surface area contributed by atoms with Crippen LogP contribution in [0.4, 0.5) is 16.2 Å². The number of carbonyl (C=O) groups excluding carboxylic acids is 2. The van der Waals surface area contributed by atoms with Gasteiger partial charge in [-0.1, -0.05) is 24.3 Å². The van der Waals surface area contributed by atoms with E-state index in [4.69, 9.17) is 9.47 Å². The number of ether oxygens (including phenoxy) is 2. The van der Waals surface area contributed by atoms with Gasteiger partial charge in [-0.15, -0.1) is 0 Å². The van der Waals surface area contributed by atoms with Crippen LogP contribution in [0.2, 0.25) is 0 Å². The molecule has 0 aliphatic carbocycles. The van der Waals surface area contributed by atoms with Crippen LogP contribution in [-0.4, -0.2) is 43.1 Å². The molecule has 1 heterocycles. The van der Waals surface area contributed by atoms with Crippen LogP contribution >= 0.6 is 0 Å². The predicted octanol–water partition coefficient (Wildman–Crippen LogP) is 4.51. The molecular formula is C23H29N3O4. The molecule has 160 valence electrons. The molecule has 1 aliphatic rings. The summed E-state index contributed by atoms with van der Waals surface area (Å²) in [6, 6.07) is 14.6. The van der Waals surface area contributed by atoms with Crippen molar-refractivity contribution in [2.75, 3.05) is 36.9 Å². The maximum atomic E-state index is 12.4. The van der Waals surface area contributed by atoms with Crippen molar-refractivity contribution in [3.63, 3.8) is 0 Å². The van der Waals surface area contributed by atoms with E-state index in [2.05, 4.69) is 10.6 Å². The maximum absolute atomic E-state index is 12.4. The predicted molar refractivity (Wildman–Crippen MR) is 117 cm³/mol. The minimum Gasteiger partial charge on any atom is -0.490 e. The van der Waals surface area contributed by atoms with Crippen molar-refractivity contribution in [3.05, 3.63) is 48.5 Å². The Bertz CT molecular complexity index is 850. The normalized spacial score (nSPS) is 13.0. The molecule has 2 aromatic rings. The van der Waals surface area contributed by atoms with Crippen molar-refractivity contribution >= 4 is 23.3 Å². The minimum absolute atomic E-state index is 0.125. The van der Waals surface area contributed by atoms with E-state index in [0.717, 1.165) is 25.9 Å². The molecule has 1 aliphatic heterocycles. The van der Waals surface area contributed by atoms with Crippen LogP contribution in [0.25, 0.3) is 0 Å². The first-order valence-electron chi connectivity index (χ1n) is 10.5. The molecule has 1 fully saturated rings. The highest BCUT2D eigenvalue weighted by Gasteiger charge is 2.19. The van der Waals surface area contributed by atoms with Crippen molar-refractivity contribution in [1.29, 1.82) is 0 Å². The smallest absolute Gasteiger partial charge is 0.321 e. The van der Waals surface area contributed by atoms with Gasteiger partial charge in [0.1, 0.15) is 0 Å². The molecule has 3 rings (SSSR count). The summed E-state index contributed by atoms with van der Waals surface area (Å²) in [6.45, 7) is 4.44. The lowest BCUT2D eigenvalue weighted by molar-refractivity contribution is -0.116. The molecule has 0 radical (unpaired) electrons. The molecule has 0 bridgehead atoms. The van der Waals surface area contributed by atoms with Gasteiger partial charge in [0.15, 0.2) is 11.5 Å². The van der Waals surface area contributed by atoms with Gasteiger partial charge in [-0.3, -0.25) is 4.79 Å². The van der Waals surface area contributed by atoms with E-state index in [1.165, 1.54) is 0 Å². The van der Waals surface area contributed by atoms with Crippen LogP contribution in [0.5, 0.6) is 11.5 Å².